The number of morpholine rings is 1. The van der Waals surface area contributed by atoms with Crippen LogP contribution < -0.4 is 5.32 Å². The van der Waals surface area contributed by atoms with Gasteiger partial charge in [-0.25, -0.2) is 4.98 Å². The van der Waals surface area contributed by atoms with Gasteiger partial charge in [-0.2, -0.15) is 0 Å². The number of carbonyl (C=O) groups is 1. The van der Waals surface area contributed by atoms with E-state index in [9.17, 15) is 4.79 Å². The molecule has 32 heavy (non-hydrogen) atoms. The standard InChI is InChI=1S/C25H38N4O3/c1-18(2)21(5)29(15-22-7-6-19(3)14-20(22)4)16-24-27-23(17-32-24)25(30)26-8-9-28-10-12-31-13-11-28/h6-7,14,17-18,21H,8-13,15-16H2,1-5H3,(H,26,30). The van der Waals surface area contributed by atoms with Crippen LogP contribution in [0.15, 0.2) is 28.9 Å². The summed E-state index contributed by atoms with van der Waals surface area (Å²) < 4.78 is 11.0. The number of oxazole rings is 1. The Hall–Kier alpha value is -2.22. The second kappa shape index (κ2) is 11.6. The van der Waals surface area contributed by atoms with E-state index >= 15 is 0 Å². The number of amides is 1. The smallest absolute Gasteiger partial charge is 0.273 e. The topological polar surface area (TPSA) is 70.8 Å². The van der Waals surface area contributed by atoms with Gasteiger partial charge in [0.15, 0.2) is 5.69 Å². The van der Waals surface area contributed by atoms with Gasteiger partial charge in [-0.05, 0) is 37.8 Å². The minimum atomic E-state index is -0.189. The van der Waals surface area contributed by atoms with Crippen molar-refractivity contribution < 1.29 is 13.9 Å². The minimum Gasteiger partial charge on any atom is -0.447 e. The Morgan fingerprint density at radius 3 is 2.62 bits per heavy atom. The van der Waals surface area contributed by atoms with Crippen molar-refractivity contribution >= 4 is 5.91 Å². The van der Waals surface area contributed by atoms with E-state index in [1.807, 2.05) is 0 Å². The molecule has 1 unspecified atom stereocenters. The maximum Gasteiger partial charge on any atom is 0.273 e. The lowest BCUT2D eigenvalue weighted by Crippen LogP contribution is -2.41. The van der Waals surface area contributed by atoms with Gasteiger partial charge in [0.2, 0.25) is 5.89 Å². The number of ether oxygens (including phenoxy) is 1. The van der Waals surface area contributed by atoms with Crippen molar-refractivity contribution in [2.45, 2.75) is 53.8 Å². The number of nitrogens with one attached hydrogen (secondary N) is 1. The lowest BCUT2D eigenvalue weighted by molar-refractivity contribution is 0.0383. The highest BCUT2D eigenvalue weighted by Crippen LogP contribution is 2.20. The van der Waals surface area contributed by atoms with E-state index in [2.05, 4.69) is 72.9 Å². The normalized spacial score (nSPS) is 16.0. The molecule has 1 fully saturated rings. The van der Waals surface area contributed by atoms with Crippen molar-refractivity contribution in [3.63, 3.8) is 0 Å². The van der Waals surface area contributed by atoms with Gasteiger partial charge >= 0.3 is 0 Å². The highest BCUT2D eigenvalue weighted by Gasteiger charge is 2.22. The first-order valence-electron chi connectivity index (χ1n) is 11.7. The number of hydrogen-bond donors (Lipinski definition) is 1. The number of aromatic nitrogens is 1. The van der Waals surface area contributed by atoms with Crippen LogP contribution in [-0.4, -0.2) is 66.1 Å². The van der Waals surface area contributed by atoms with Crippen molar-refractivity contribution in [1.82, 2.24) is 20.1 Å². The molecule has 3 rings (SSSR count). The molecule has 1 atom stereocenters. The molecule has 1 aromatic heterocycles. The quantitative estimate of drug-likeness (QED) is 0.608. The van der Waals surface area contributed by atoms with Crippen LogP contribution in [0.2, 0.25) is 0 Å². The van der Waals surface area contributed by atoms with Crippen molar-refractivity contribution in [3.05, 3.63) is 52.7 Å². The lowest BCUT2D eigenvalue weighted by atomic mass is 10.0. The third-order valence-corrected chi connectivity index (χ3v) is 6.35. The third kappa shape index (κ3) is 6.89. The molecular weight excluding hydrogens is 404 g/mol. The molecule has 1 aliphatic rings. The zero-order chi connectivity index (χ0) is 23.1. The number of aryl methyl sites for hydroxylation is 2. The van der Waals surface area contributed by atoms with Crippen molar-refractivity contribution in [1.29, 1.82) is 0 Å². The van der Waals surface area contributed by atoms with E-state index in [0.29, 0.717) is 36.6 Å². The predicted octanol–water partition coefficient (Wildman–Crippen LogP) is 3.40. The van der Waals surface area contributed by atoms with Crippen LogP contribution in [-0.2, 0) is 17.8 Å². The molecule has 1 aromatic carbocycles. The minimum absolute atomic E-state index is 0.189. The van der Waals surface area contributed by atoms with Gasteiger partial charge in [0.1, 0.15) is 6.26 Å². The molecule has 1 saturated heterocycles. The first-order chi connectivity index (χ1) is 15.3. The summed E-state index contributed by atoms with van der Waals surface area (Å²) in [4.78, 5) is 21.6. The second-order valence-electron chi connectivity index (χ2n) is 9.16. The van der Waals surface area contributed by atoms with Gasteiger partial charge in [0, 0.05) is 38.8 Å². The summed E-state index contributed by atoms with van der Waals surface area (Å²) >= 11 is 0. The Morgan fingerprint density at radius 1 is 1.19 bits per heavy atom. The largest absolute Gasteiger partial charge is 0.447 e. The number of nitrogens with zero attached hydrogens (tertiary/aromatic N) is 3. The molecule has 7 heteroatoms. The summed E-state index contributed by atoms with van der Waals surface area (Å²) in [5.74, 6) is 0.866. The summed E-state index contributed by atoms with van der Waals surface area (Å²) in [6.07, 6.45) is 1.47. The molecule has 0 aliphatic carbocycles. The number of rotatable bonds is 10. The first kappa shape index (κ1) is 24.4. The Kier molecular flexibility index (Phi) is 8.84. The fourth-order valence-electron chi connectivity index (χ4n) is 3.91. The van der Waals surface area contributed by atoms with Gasteiger partial charge in [-0.15, -0.1) is 0 Å². The van der Waals surface area contributed by atoms with Gasteiger partial charge in [-0.3, -0.25) is 14.6 Å². The highest BCUT2D eigenvalue weighted by molar-refractivity contribution is 5.91. The van der Waals surface area contributed by atoms with E-state index in [4.69, 9.17) is 9.15 Å². The zero-order valence-electron chi connectivity index (χ0n) is 20.2. The van der Waals surface area contributed by atoms with Crippen LogP contribution in [0.4, 0.5) is 0 Å². The van der Waals surface area contributed by atoms with Crippen LogP contribution in [0.5, 0.6) is 0 Å². The molecule has 2 heterocycles. The van der Waals surface area contributed by atoms with E-state index in [0.717, 1.165) is 39.4 Å². The Morgan fingerprint density at radius 2 is 1.94 bits per heavy atom. The van der Waals surface area contributed by atoms with Gasteiger partial charge < -0.3 is 14.5 Å². The van der Waals surface area contributed by atoms with Crippen LogP contribution >= 0.6 is 0 Å². The molecule has 1 N–H and O–H groups in total. The first-order valence-corrected chi connectivity index (χ1v) is 11.7. The molecule has 176 valence electrons. The van der Waals surface area contributed by atoms with E-state index in [-0.39, 0.29) is 5.91 Å². The SMILES string of the molecule is Cc1ccc(CN(Cc2nc(C(=O)NCCN3CCOCC3)co2)C(C)C(C)C)c(C)c1. The van der Waals surface area contributed by atoms with Crippen LogP contribution in [0.1, 0.15) is 53.8 Å². The average molecular weight is 443 g/mol. The van der Waals surface area contributed by atoms with E-state index in [1.54, 1.807) is 0 Å². The maximum atomic E-state index is 12.5. The number of benzene rings is 1. The average Bonchev–Trinajstić information content (AvgIpc) is 3.24. The molecule has 7 nitrogen and oxygen atoms in total. The summed E-state index contributed by atoms with van der Waals surface area (Å²) in [5.41, 5.74) is 4.20. The van der Waals surface area contributed by atoms with Crippen molar-refractivity contribution in [2.24, 2.45) is 5.92 Å². The summed E-state index contributed by atoms with van der Waals surface area (Å²) in [6, 6.07) is 6.92. The van der Waals surface area contributed by atoms with Crippen LogP contribution in [0.25, 0.3) is 0 Å². The lowest BCUT2D eigenvalue weighted by Gasteiger charge is -2.31. The molecule has 1 aliphatic heterocycles. The molecule has 0 bridgehead atoms. The number of hydrogen-bond acceptors (Lipinski definition) is 6. The monoisotopic (exact) mass is 442 g/mol. The predicted molar refractivity (Wildman–Crippen MR) is 126 cm³/mol. The fourth-order valence-corrected chi connectivity index (χ4v) is 3.91. The summed E-state index contributed by atoms with van der Waals surface area (Å²) in [5, 5.41) is 2.95. The van der Waals surface area contributed by atoms with Gasteiger partial charge in [0.05, 0.1) is 19.8 Å². The number of carbonyl (C=O) groups excluding carboxylic acids is 1. The Bertz CT molecular complexity index is 874. The van der Waals surface area contributed by atoms with Gasteiger partial charge in [-0.1, -0.05) is 37.6 Å². The highest BCUT2D eigenvalue weighted by atomic mass is 16.5. The fraction of sp³-hybridized carbons (Fsp3) is 0.600. The van der Waals surface area contributed by atoms with Crippen molar-refractivity contribution in [3.8, 4) is 0 Å². The molecule has 2 aromatic rings. The maximum absolute atomic E-state index is 12.5. The Balaban J connectivity index is 1.59. The van der Waals surface area contributed by atoms with Gasteiger partial charge in [0.25, 0.3) is 5.91 Å². The second-order valence-corrected chi connectivity index (χ2v) is 9.16. The molecule has 0 radical (unpaired) electrons. The molecule has 1 amide bonds. The van der Waals surface area contributed by atoms with E-state index in [1.165, 1.54) is 23.0 Å². The van der Waals surface area contributed by atoms with Crippen LogP contribution in [0.3, 0.4) is 0 Å². The Labute approximate surface area is 192 Å². The van der Waals surface area contributed by atoms with Crippen molar-refractivity contribution in [2.75, 3.05) is 39.4 Å². The molecule has 0 spiro atoms. The van der Waals surface area contributed by atoms with Crippen LogP contribution in [0, 0.1) is 19.8 Å². The van der Waals surface area contributed by atoms with E-state index < -0.39 is 0 Å². The third-order valence-electron chi connectivity index (χ3n) is 6.35. The summed E-state index contributed by atoms with van der Waals surface area (Å²) in [6.45, 7) is 17.1. The molecule has 0 saturated carbocycles. The summed E-state index contributed by atoms with van der Waals surface area (Å²) in [7, 11) is 0. The zero-order valence-corrected chi connectivity index (χ0v) is 20.2. The molecular formula is C25H38N4O3.